The molecule has 1 heterocycles. The van der Waals surface area contributed by atoms with Crippen LogP contribution in [0.25, 0.3) is 0 Å². The predicted molar refractivity (Wildman–Crippen MR) is 72.2 cm³/mol. The zero-order valence-electron chi connectivity index (χ0n) is 8.93. The Labute approximate surface area is 109 Å². The summed E-state index contributed by atoms with van der Waals surface area (Å²) in [6.45, 7) is 0. The number of rotatable bonds is 3. The molecule has 0 radical (unpaired) electrons. The lowest BCUT2D eigenvalue weighted by atomic mass is 10.1. The van der Waals surface area contributed by atoms with E-state index in [1.54, 1.807) is 13.3 Å². The van der Waals surface area contributed by atoms with Crippen molar-refractivity contribution < 1.29 is 4.74 Å². The van der Waals surface area contributed by atoms with Gasteiger partial charge in [-0.25, -0.2) is 0 Å². The molecule has 82 valence electrons. The number of halogens is 1. The van der Waals surface area contributed by atoms with Crippen LogP contribution in [0.15, 0.2) is 48.7 Å². The molecular formula is C13H12INO. The average molecular weight is 325 g/mol. The molecule has 0 saturated carbocycles. The summed E-state index contributed by atoms with van der Waals surface area (Å²) in [5.74, 6) is 0. The summed E-state index contributed by atoms with van der Waals surface area (Å²) in [7, 11) is 1.71. The van der Waals surface area contributed by atoms with E-state index in [-0.39, 0.29) is 6.10 Å². The van der Waals surface area contributed by atoms with Crippen LogP contribution in [-0.4, -0.2) is 12.1 Å². The third kappa shape index (κ3) is 2.59. The average Bonchev–Trinajstić information content (AvgIpc) is 2.34. The second-order valence-corrected chi connectivity index (χ2v) is 4.67. The van der Waals surface area contributed by atoms with Crippen LogP contribution in [0.4, 0.5) is 0 Å². The van der Waals surface area contributed by atoms with E-state index in [9.17, 15) is 0 Å². The summed E-state index contributed by atoms with van der Waals surface area (Å²) >= 11 is 2.29. The van der Waals surface area contributed by atoms with Gasteiger partial charge in [-0.05, 0) is 52.4 Å². The molecule has 0 aliphatic rings. The molecule has 16 heavy (non-hydrogen) atoms. The number of hydrogen-bond acceptors (Lipinski definition) is 2. The monoisotopic (exact) mass is 325 g/mol. The van der Waals surface area contributed by atoms with Gasteiger partial charge in [-0.1, -0.05) is 18.2 Å². The molecule has 0 bridgehead atoms. The van der Waals surface area contributed by atoms with Crippen LogP contribution in [0.1, 0.15) is 17.4 Å². The Morgan fingerprint density at radius 3 is 2.44 bits per heavy atom. The number of methoxy groups -OCH3 is 1. The van der Waals surface area contributed by atoms with Crippen molar-refractivity contribution in [1.29, 1.82) is 0 Å². The van der Waals surface area contributed by atoms with E-state index in [1.807, 2.05) is 18.2 Å². The van der Waals surface area contributed by atoms with Crippen molar-refractivity contribution in [3.05, 3.63) is 63.5 Å². The summed E-state index contributed by atoms with van der Waals surface area (Å²) in [5, 5.41) is 0. The highest BCUT2D eigenvalue weighted by Gasteiger charge is 2.13. The number of pyridine rings is 1. The Hall–Kier alpha value is -0.940. The molecule has 2 rings (SSSR count). The highest BCUT2D eigenvalue weighted by Crippen LogP contribution is 2.23. The lowest BCUT2D eigenvalue weighted by Gasteiger charge is -2.15. The van der Waals surface area contributed by atoms with Gasteiger partial charge in [0.15, 0.2) is 0 Å². The zero-order valence-corrected chi connectivity index (χ0v) is 11.1. The lowest BCUT2D eigenvalue weighted by molar-refractivity contribution is 0.133. The molecule has 0 aliphatic carbocycles. The molecule has 0 aliphatic heterocycles. The zero-order chi connectivity index (χ0) is 11.4. The second-order valence-electron chi connectivity index (χ2n) is 3.42. The van der Waals surface area contributed by atoms with E-state index in [4.69, 9.17) is 4.74 Å². The quantitative estimate of drug-likeness (QED) is 0.807. The van der Waals surface area contributed by atoms with Gasteiger partial charge in [0, 0.05) is 16.9 Å². The smallest absolute Gasteiger partial charge is 0.124 e. The van der Waals surface area contributed by atoms with Gasteiger partial charge < -0.3 is 4.74 Å². The van der Waals surface area contributed by atoms with Crippen LogP contribution in [-0.2, 0) is 4.74 Å². The molecule has 1 unspecified atom stereocenters. The fourth-order valence-electron chi connectivity index (χ4n) is 1.60. The van der Waals surface area contributed by atoms with E-state index in [0.29, 0.717) is 0 Å². The predicted octanol–water partition coefficient (Wildman–Crippen LogP) is 3.42. The van der Waals surface area contributed by atoms with Crippen LogP contribution < -0.4 is 0 Å². The standard InChI is InChI=1S/C13H12INO/c1-16-13(12-4-2-3-9-15-12)10-5-7-11(14)8-6-10/h2-9,13H,1H3. The first-order valence-corrected chi connectivity index (χ1v) is 6.08. The number of nitrogens with zero attached hydrogens (tertiary/aromatic N) is 1. The maximum atomic E-state index is 5.50. The minimum Gasteiger partial charge on any atom is -0.370 e. The molecule has 1 aromatic heterocycles. The molecule has 2 nitrogen and oxygen atoms in total. The van der Waals surface area contributed by atoms with Gasteiger partial charge in [-0.3, -0.25) is 4.98 Å². The van der Waals surface area contributed by atoms with Crippen LogP contribution in [0.2, 0.25) is 0 Å². The van der Waals surface area contributed by atoms with Gasteiger partial charge in [0.1, 0.15) is 6.10 Å². The van der Waals surface area contributed by atoms with Gasteiger partial charge in [0.2, 0.25) is 0 Å². The number of benzene rings is 1. The Balaban J connectivity index is 2.33. The summed E-state index contributed by atoms with van der Waals surface area (Å²) < 4.78 is 6.72. The van der Waals surface area contributed by atoms with Gasteiger partial charge >= 0.3 is 0 Å². The van der Waals surface area contributed by atoms with Gasteiger partial charge in [0.25, 0.3) is 0 Å². The Kier molecular flexibility index (Phi) is 3.90. The number of aromatic nitrogens is 1. The fraction of sp³-hybridized carbons (Fsp3) is 0.154. The summed E-state index contributed by atoms with van der Waals surface area (Å²) in [6.07, 6.45) is 1.70. The van der Waals surface area contributed by atoms with E-state index < -0.39 is 0 Å². The molecule has 0 spiro atoms. The van der Waals surface area contributed by atoms with Crippen molar-refractivity contribution in [2.24, 2.45) is 0 Å². The van der Waals surface area contributed by atoms with E-state index >= 15 is 0 Å². The number of ether oxygens (including phenoxy) is 1. The first kappa shape index (κ1) is 11.5. The van der Waals surface area contributed by atoms with Crippen molar-refractivity contribution in [3.8, 4) is 0 Å². The first-order chi connectivity index (χ1) is 7.81. The molecule has 0 amide bonds. The largest absolute Gasteiger partial charge is 0.370 e. The maximum Gasteiger partial charge on any atom is 0.124 e. The third-order valence-corrected chi connectivity index (χ3v) is 3.08. The van der Waals surface area contributed by atoms with Crippen LogP contribution >= 0.6 is 22.6 Å². The minimum atomic E-state index is -0.0850. The molecular weight excluding hydrogens is 313 g/mol. The number of hydrogen-bond donors (Lipinski definition) is 0. The first-order valence-electron chi connectivity index (χ1n) is 5.00. The Morgan fingerprint density at radius 2 is 1.88 bits per heavy atom. The normalized spacial score (nSPS) is 12.4. The lowest BCUT2D eigenvalue weighted by Crippen LogP contribution is -2.05. The molecule has 3 heteroatoms. The summed E-state index contributed by atoms with van der Waals surface area (Å²) in [4.78, 5) is 4.32. The molecule has 2 aromatic rings. The van der Waals surface area contributed by atoms with Crippen molar-refractivity contribution in [3.63, 3.8) is 0 Å². The molecule has 0 N–H and O–H groups in total. The highest BCUT2D eigenvalue weighted by atomic mass is 127. The van der Waals surface area contributed by atoms with Crippen molar-refractivity contribution in [2.45, 2.75) is 6.10 Å². The molecule has 0 saturated heterocycles. The second kappa shape index (κ2) is 5.41. The fourth-order valence-corrected chi connectivity index (χ4v) is 1.96. The van der Waals surface area contributed by atoms with Gasteiger partial charge in [-0.15, -0.1) is 0 Å². The summed E-state index contributed by atoms with van der Waals surface area (Å²) in [6, 6.07) is 14.2. The van der Waals surface area contributed by atoms with E-state index in [1.165, 1.54) is 3.57 Å². The van der Waals surface area contributed by atoms with E-state index in [0.717, 1.165) is 11.3 Å². The van der Waals surface area contributed by atoms with Crippen LogP contribution in [0.3, 0.4) is 0 Å². The van der Waals surface area contributed by atoms with Crippen LogP contribution in [0.5, 0.6) is 0 Å². The SMILES string of the molecule is COC(c1ccc(I)cc1)c1ccccn1. The van der Waals surface area contributed by atoms with Gasteiger partial charge in [0.05, 0.1) is 5.69 Å². The summed E-state index contributed by atoms with van der Waals surface area (Å²) in [5.41, 5.74) is 2.06. The Morgan fingerprint density at radius 1 is 1.12 bits per heavy atom. The third-order valence-electron chi connectivity index (χ3n) is 2.36. The van der Waals surface area contributed by atoms with Gasteiger partial charge in [-0.2, -0.15) is 0 Å². The van der Waals surface area contributed by atoms with Crippen molar-refractivity contribution >= 4 is 22.6 Å². The molecule has 0 fully saturated rings. The Bertz CT molecular complexity index is 441. The molecule has 1 atom stereocenters. The van der Waals surface area contributed by atoms with Crippen LogP contribution in [0, 0.1) is 3.57 Å². The maximum absolute atomic E-state index is 5.50. The van der Waals surface area contributed by atoms with E-state index in [2.05, 4.69) is 51.8 Å². The highest BCUT2D eigenvalue weighted by molar-refractivity contribution is 14.1. The van der Waals surface area contributed by atoms with Crippen molar-refractivity contribution in [2.75, 3.05) is 7.11 Å². The minimum absolute atomic E-state index is 0.0850. The topological polar surface area (TPSA) is 22.1 Å². The molecule has 1 aromatic carbocycles. The van der Waals surface area contributed by atoms with Crippen molar-refractivity contribution in [1.82, 2.24) is 4.98 Å².